The molecule has 33 heavy (non-hydrogen) atoms. The predicted molar refractivity (Wildman–Crippen MR) is 123 cm³/mol. The van der Waals surface area contributed by atoms with Gasteiger partial charge in [0.1, 0.15) is 0 Å². The summed E-state index contributed by atoms with van der Waals surface area (Å²) in [5, 5.41) is 15.1. The highest BCUT2D eigenvalue weighted by Crippen LogP contribution is 2.20. The van der Waals surface area contributed by atoms with Crippen LogP contribution in [-0.2, 0) is 6.42 Å². The van der Waals surface area contributed by atoms with Crippen molar-refractivity contribution < 1.29 is 14.2 Å². The summed E-state index contributed by atoms with van der Waals surface area (Å²) in [6, 6.07) is 12.6. The largest absolute Gasteiger partial charge is 0.339 e. The van der Waals surface area contributed by atoms with Crippen molar-refractivity contribution in [2.45, 2.75) is 26.7 Å². The van der Waals surface area contributed by atoms with E-state index >= 15 is 0 Å². The first-order valence-electron chi connectivity index (χ1n) is 11.1. The van der Waals surface area contributed by atoms with Gasteiger partial charge in [0.25, 0.3) is 11.6 Å². The molecule has 0 spiro atoms. The second-order valence-corrected chi connectivity index (χ2v) is 8.37. The minimum absolute atomic E-state index is 0.0311. The first-order valence-corrected chi connectivity index (χ1v) is 11.1. The molecule has 0 unspecified atom stereocenters. The number of rotatable bonds is 7. The van der Waals surface area contributed by atoms with Gasteiger partial charge < -0.3 is 9.42 Å². The third kappa shape index (κ3) is 5.43. The second kappa shape index (κ2) is 9.91. The van der Waals surface area contributed by atoms with Crippen molar-refractivity contribution in [1.82, 2.24) is 19.9 Å². The summed E-state index contributed by atoms with van der Waals surface area (Å²) in [5.41, 5.74) is 3.15. The summed E-state index contributed by atoms with van der Waals surface area (Å²) in [6.07, 6.45) is 1.60. The van der Waals surface area contributed by atoms with Gasteiger partial charge in [0.2, 0.25) is 11.7 Å². The van der Waals surface area contributed by atoms with E-state index in [0.717, 1.165) is 31.6 Å². The van der Waals surface area contributed by atoms with Crippen LogP contribution in [0.3, 0.4) is 0 Å². The minimum Gasteiger partial charge on any atom is -0.339 e. The van der Waals surface area contributed by atoms with E-state index in [9.17, 15) is 14.9 Å². The lowest BCUT2D eigenvalue weighted by atomic mass is 10.1. The number of nitro groups is 1. The van der Waals surface area contributed by atoms with Gasteiger partial charge in [-0.2, -0.15) is 4.98 Å². The molecule has 1 saturated heterocycles. The van der Waals surface area contributed by atoms with Gasteiger partial charge in [-0.1, -0.05) is 35.0 Å². The molecule has 0 atom stereocenters. The van der Waals surface area contributed by atoms with Gasteiger partial charge in [0, 0.05) is 55.4 Å². The van der Waals surface area contributed by atoms with E-state index in [-0.39, 0.29) is 11.6 Å². The van der Waals surface area contributed by atoms with E-state index in [1.165, 1.54) is 17.7 Å². The molecule has 1 aromatic heterocycles. The number of carbonyl (C=O) groups excluding carboxylic acids is 1. The van der Waals surface area contributed by atoms with Crippen LogP contribution in [-0.4, -0.2) is 63.5 Å². The van der Waals surface area contributed by atoms with Gasteiger partial charge in [-0.3, -0.25) is 19.8 Å². The molecule has 1 aliphatic heterocycles. The Bertz CT molecular complexity index is 1130. The van der Waals surface area contributed by atoms with Crippen molar-refractivity contribution >= 4 is 11.6 Å². The van der Waals surface area contributed by atoms with Crippen molar-refractivity contribution in [3.63, 3.8) is 0 Å². The quantitative estimate of drug-likeness (QED) is 0.400. The molecule has 4 rings (SSSR count). The zero-order chi connectivity index (χ0) is 23.4. The third-order valence-electron chi connectivity index (χ3n) is 5.94. The molecule has 0 radical (unpaired) electrons. The molecule has 0 N–H and O–H groups in total. The van der Waals surface area contributed by atoms with Crippen molar-refractivity contribution in [3.8, 4) is 11.4 Å². The lowest BCUT2D eigenvalue weighted by Gasteiger charge is -2.34. The molecule has 1 fully saturated rings. The van der Waals surface area contributed by atoms with E-state index in [4.69, 9.17) is 4.52 Å². The lowest BCUT2D eigenvalue weighted by molar-refractivity contribution is -0.385. The molecular formula is C24H27N5O4. The summed E-state index contributed by atoms with van der Waals surface area (Å²) in [6.45, 7) is 7.42. The van der Waals surface area contributed by atoms with Gasteiger partial charge in [-0.25, -0.2) is 0 Å². The normalized spacial score (nSPS) is 14.4. The second-order valence-electron chi connectivity index (χ2n) is 8.37. The fraction of sp³-hybridized carbons (Fsp3) is 0.375. The zero-order valence-corrected chi connectivity index (χ0v) is 18.9. The van der Waals surface area contributed by atoms with Crippen LogP contribution in [0.1, 0.15) is 33.8 Å². The molecule has 2 heterocycles. The topological polar surface area (TPSA) is 106 Å². The fourth-order valence-corrected chi connectivity index (χ4v) is 3.98. The minimum atomic E-state index is -0.431. The van der Waals surface area contributed by atoms with E-state index in [1.807, 2.05) is 36.1 Å². The highest BCUT2D eigenvalue weighted by molar-refractivity contribution is 5.94. The maximum absolute atomic E-state index is 12.8. The number of amides is 1. The third-order valence-corrected chi connectivity index (χ3v) is 5.94. The number of carbonyl (C=O) groups is 1. The van der Waals surface area contributed by atoms with Crippen LogP contribution in [0, 0.1) is 24.0 Å². The lowest BCUT2D eigenvalue weighted by Crippen LogP contribution is -2.48. The molecule has 172 valence electrons. The summed E-state index contributed by atoms with van der Waals surface area (Å²) < 4.78 is 5.39. The van der Waals surface area contributed by atoms with Gasteiger partial charge in [0.15, 0.2) is 0 Å². The molecule has 0 aliphatic carbocycles. The van der Waals surface area contributed by atoms with E-state index in [0.29, 0.717) is 42.4 Å². The van der Waals surface area contributed by atoms with Gasteiger partial charge in [-0.05, 0) is 38.9 Å². The molecule has 9 heteroatoms. The smallest absolute Gasteiger partial charge is 0.272 e. The monoisotopic (exact) mass is 449 g/mol. The Labute approximate surface area is 192 Å². The van der Waals surface area contributed by atoms with Crippen LogP contribution in [0.2, 0.25) is 0 Å². The SMILES string of the molecule is Cc1ccc(-c2noc(CCCN3CCN(C(=O)c4ccc([N+](=O)[O-])c(C)c4)CC3)n2)cc1. The Morgan fingerprint density at radius 3 is 2.48 bits per heavy atom. The highest BCUT2D eigenvalue weighted by atomic mass is 16.6. The zero-order valence-electron chi connectivity index (χ0n) is 18.9. The summed E-state index contributed by atoms with van der Waals surface area (Å²) >= 11 is 0. The Kier molecular flexibility index (Phi) is 6.79. The van der Waals surface area contributed by atoms with E-state index in [2.05, 4.69) is 15.0 Å². The average molecular weight is 450 g/mol. The van der Waals surface area contributed by atoms with Crippen LogP contribution >= 0.6 is 0 Å². The summed E-state index contributed by atoms with van der Waals surface area (Å²) in [7, 11) is 0. The van der Waals surface area contributed by atoms with Crippen molar-refractivity contribution in [2.75, 3.05) is 32.7 Å². The van der Waals surface area contributed by atoms with Crippen molar-refractivity contribution in [3.05, 3.63) is 75.2 Å². The molecular weight excluding hydrogens is 422 g/mol. The summed E-state index contributed by atoms with van der Waals surface area (Å²) in [5.74, 6) is 1.16. The number of aromatic nitrogens is 2. The van der Waals surface area contributed by atoms with Crippen LogP contribution in [0.15, 0.2) is 47.0 Å². The number of nitro benzene ring substituents is 1. The number of hydrogen-bond acceptors (Lipinski definition) is 7. The average Bonchev–Trinajstić information content (AvgIpc) is 3.28. The molecule has 2 aromatic carbocycles. The molecule has 0 bridgehead atoms. The first-order chi connectivity index (χ1) is 15.9. The van der Waals surface area contributed by atoms with Crippen LogP contribution in [0.25, 0.3) is 11.4 Å². The maximum atomic E-state index is 12.8. The Hall–Kier alpha value is -3.59. The van der Waals surface area contributed by atoms with E-state index < -0.39 is 4.92 Å². The molecule has 1 aliphatic rings. The molecule has 1 amide bonds. The van der Waals surface area contributed by atoms with Gasteiger partial charge in [0.05, 0.1) is 4.92 Å². The number of nitrogens with zero attached hydrogens (tertiary/aromatic N) is 5. The molecule has 9 nitrogen and oxygen atoms in total. The van der Waals surface area contributed by atoms with Gasteiger partial charge in [-0.15, -0.1) is 0 Å². The van der Waals surface area contributed by atoms with Crippen LogP contribution in [0.4, 0.5) is 5.69 Å². The Balaban J connectivity index is 1.23. The maximum Gasteiger partial charge on any atom is 0.272 e. The van der Waals surface area contributed by atoms with Gasteiger partial charge >= 0.3 is 0 Å². The Morgan fingerprint density at radius 1 is 1.09 bits per heavy atom. The number of piperazine rings is 1. The van der Waals surface area contributed by atoms with Crippen molar-refractivity contribution in [2.24, 2.45) is 0 Å². The predicted octanol–water partition coefficient (Wildman–Crippen LogP) is 3.65. The van der Waals surface area contributed by atoms with Crippen LogP contribution < -0.4 is 0 Å². The summed E-state index contributed by atoms with van der Waals surface area (Å²) in [4.78, 5) is 32.0. The number of benzene rings is 2. The standard InChI is InChI=1S/C24H27N5O4/c1-17-5-7-19(8-6-17)23-25-22(33-26-23)4-3-11-27-12-14-28(15-13-27)24(30)20-9-10-21(29(31)32)18(2)16-20/h5-10,16H,3-4,11-15H2,1-2H3. The van der Waals surface area contributed by atoms with Crippen molar-refractivity contribution in [1.29, 1.82) is 0 Å². The number of hydrogen-bond donors (Lipinski definition) is 0. The molecule has 3 aromatic rings. The van der Waals surface area contributed by atoms with Crippen LogP contribution in [0.5, 0.6) is 0 Å². The fourth-order valence-electron chi connectivity index (χ4n) is 3.98. The first kappa shape index (κ1) is 22.6. The van der Waals surface area contributed by atoms with E-state index in [1.54, 1.807) is 13.0 Å². The Morgan fingerprint density at radius 2 is 1.82 bits per heavy atom. The number of aryl methyl sites for hydroxylation is 3. The highest BCUT2D eigenvalue weighted by Gasteiger charge is 2.23. The molecule has 0 saturated carbocycles.